The highest BCUT2D eigenvalue weighted by atomic mass is 35.5. The maximum Gasteiger partial charge on any atom is 0.202 e. The van der Waals surface area contributed by atoms with Crippen LogP contribution >= 0.6 is 12.4 Å². The van der Waals surface area contributed by atoms with E-state index in [-0.39, 0.29) is 12.4 Å². The molecule has 0 amide bonds. The molecule has 3 rings (SSSR count). The second-order valence-electron chi connectivity index (χ2n) is 5.06. The molecule has 1 aliphatic heterocycles. The first-order valence-corrected chi connectivity index (χ1v) is 6.73. The second-order valence-corrected chi connectivity index (χ2v) is 5.06. The molecule has 5 nitrogen and oxygen atoms in total. The Morgan fingerprint density at radius 1 is 1.35 bits per heavy atom. The van der Waals surface area contributed by atoms with Gasteiger partial charge in [-0.25, -0.2) is 0 Å². The van der Waals surface area contributed by atoms with Crippen LogP contribution in [0.3, 0.4) is 0 Å². The van der Waals surface area contributed by atoms with E-state index in [1.54, 1.807) is 6.26 Å². The maximum atomic E-state index is 5.31. The van der Waals surface area contributed by atoms with Crippen molar-refractivity contribution in [2.24, 2.45) is 0 Å². The van der Waals surface area contributed by atoms with Crippen molar-refractivity contribution in [3.63, 3.8) is 0 Å². The van der Waals surface area contributed by atoms with Gasteiger partial charge >= 0.3 is 0 Å². The lowest BCUT2D eigenvalue weighted by molar-refractivity contribution is 0.187. The molecule has 1 aliphatic rings. The molecule has 1 fully saturated rings. The van der Waals surface area contributed by atoms with Gasteiger partial charge in [-0.15, -0.1) is 12.4 Å². The van der Waals surface area contributed by atoms with E-state index in [1.165, 1.54) is 12.8 Å². The Bertz CT molecular complexity index is 506. The second kappa shape index (κ2) is 6.92. The van der Waals surface area contributed by atoms with E-state index in [9.17, 15) is 0 Å². The minimum atomic E-state index is 0. The highest BCUT2D eigenvalue weighted by Gasteiger charge is 2.19. The topological polar surface area (TPSA) is 54.4 Å². The molecule has 0 aromatic carbocycles. The number of aromatic nitrogens is 1. The van der Waals surface area contributed by atoms with Gasteiger partial charge in [0.1, 0.15) is 0 Å². The lowest BCUT2D eigenvalue weighted by atomic mass is 10.1. The zero-order valence-corrected chi connectivity index (χ0v) is 12.4. The van der Waals surface area contributed by atoms with Gasteiger partial charge in [-0.1, -0.05) is 5.16 Å². The lowest BCUT2D eigenvalue weighted by Crippen LogP contribution is -2.40. The average Bonchev–Trinajstić information content (AvgIpc) is 3.10. The quantitative estimate of drug-likeness (QED) is 0.940. The van der Waals surface area contributed by atoms with E-state index in [4.69, 9.17) is 8.94 Å². The summed E-state index contributed by atoms with van der Waals surface area (Å²) in [6.07, 6.45) is 4.03. The van der Waals surface area contributed by atoms with Crippen molar-refractivity contribution in [2.45, 2.75) is 25.4 Å². The summed E-state index contributed by atoms with van der Waals surface area (Å²) in [7, 11) is 2.15. The van der Waals surface area contributed by atoms with Crippen LogP contribution in [0, 0.1) is 0 Å². The Kier molecular flexibility index (Phi) is 5.23. The summed E-state index contributed by atoms with van der Waals surface area (Å²) in [5, 5.41) is 7.50. The Balaban J connectivity index is 0.00000147. The first-order valence-electron chi connectivity index (χ1n) is 6.73. The van der Waals surface area contributed by atoms with Gasteiger partial charge < -0.3 is 14.3 Å². The molecule has 0 atom stereocenters. The molecule has 1 N–H and O–H groups in total. The van der Waals surface area contributed by atoms with Gasteiger partial charge in [0.05, 0.1) is 12.0 Å². The van der Waals surface area contributed by atoms with Crippen LogP contribution in [0.1, 0.15) is 18.5 Å². The highest BCUT2D eigenvalue weighted by Crippen LogP contribution is 2.21. The fourth-order valence-corrected chi connectivity index (χ4v) is 2.55. The molecule has 2 aromatic heterocycles. The molecule has 110 valence electrons. The molecule has 0 unspecified atom stereocenters. The average molecular weight is 298 g/mol. The van der Waals surface area contributed by atoms with E-state index in [0.717, 1.165) is 31.1 Å². The third kappa shape index (κ3) is 3.42. The summed E-state index contributed by atoms with van der Waals surface area (Å²) in [6.45, 7) is 3.02. The van der Waals surface area contributed by atoms with Crippen molar-refractivity contribution in [3.8, 4) is 11.5 Å². The fraction of sp³-hybridized carbons (Fsp3) is 0.500. The van der Waals surface area contributed by atoms with Crippen molar-refractivity contribution in [1.82, 2.24) is 15.4 Å². The van der Waals surface area contributed by atoms with E-state index >= 15 is 0 Å². The zero-order valence-electron chi connectivity index (χ0n) is 11.5. The zero-order chi connectivity index (χ0) is 13.1. The first-order chi connectivity index (χ1) is 9.33. The minimum absolute atomic E-state index is 0. The summed E-state index contributed by atoms with van der Waals surface area (Å²) in [5.41, 5.74) is 0.951. The normalized spacial score (nSPS) is 16.3. The van der Waals surface area contributed by atoms with Crippen LogP contribution in [0.2, 0.25) is 0 Å². The summed E-state index contributed by atoms with van der Waals surface area (Å²) in [5.74, 6) is 1.42. The summed E-state index contributed by atoms with van der Waals surface area (Å²) < 4.78 is 10.6. The minimum Gasteiger partial charge on any atom is -0.461 e. The molecule has 20 heavy (non-hydrogen) atoms. The summed E-state index contributed by atoms with van der Waals surface area (Å²) >= 11 is 0. The molecule has 3 heterocycles. The Labute approximate surface area is 124 Å². The lowest BCUT2D eigenvalue weighted by Gasteiger charge is -2.30. The molecule has 2 aromatic rings. The number of halogens is 1. The SMILES string of the molecule is CN(Cc1cc(-c2ccco2)on1)C1CCNCC1.Cl. The third-order valence-corrected chi connectivity index (χ3v) is 3.67. The van der Waals surface area contributed by atoms with Crippen LogP contribution in [0.5, 0.6) is 0 Å². The van der Waals surface area contributed by atoms with Crippen molar-refractivity contribution < 1.29 is 8.94 Å². The first kappa shape index (κ1) is 15.1. The van der Waals surface area contributed by atoms with Crippen LogP contribution in [-0.2, 0) is 6.54 Å². The van der Waals surface area contributed by atoms with Gasteiger partial charge in [0, 0.05) is 18.7 Å². The maximum absolute atomic E-state index is 5.31. The smallest absolute Gasteiger partial charge is 0.202 e. The number of piperidine rings is 1. The standard InChI is InChI=1S/C14H19N3O2.ClH/c1-17(12-4-6-15-7-5-12)10-11-9-14(19-16-11)13-3-2-8-18-13;/h2-3,8-9,12,15H,4-7,10H2,1H3;1H. The van der Waals surface area contributed by atoms with Crippen LogP contribution in [0.4, 0.5) is 0 Å². The molecule has 0 saturated carbocycles. The summed E-state index contributed by atoms with van der Waals surface area (Å²) in [6, 6.07) is 6.31. The molecular formula is C14H20ClN3O2. The van der Waals surface area contributed by atoms with Gasteiger partial charge in [0.25, 0.3) is 0 Å². The van der Waals surface area contributed by atoms with E-state index < -0.39 is 0 Å². The van der Waals surface area contributed by atoms with E-state index in [2.05, 4.69) is 22.4 Å². The van der Waals surface area contributed by atoms with Gasteiger partial charge in [-0.3, -0.25) is 4.90 Å². The molecule has 1 saturated heterocycles. The van der Waals surface area contributed by atoms with Gasteiger partial charge in [-0.05, 0) is 45.1 Å². The number of rotatable bonds is 4. The predicted molar refractivity (Wildman–Crippen MR) is 78.8 cm³/mol. The molecule has 0 aliphatic carbocycles. The van der Waals surface area contributed by atoms with Crippen LogP contribution in [-0.4, -0.2) is 36.2 Å². The Morgan fingerprint density at radius 2 is 2.15 bits per heavy atom. The van der Waals surface area contributed by atoms with Gasteiger partial charge in [0.2, 0.25) is 5.76 Å². The van der Waals surface area contributed by atoms with Gasteiger partial charge in [0.15, 0.2) is 5.76 Å². The number of furan rings is 1. The Hall–Kier alpha value is -1.30. The van der Waals surface area contributed by atoms with Crippen molar-refractivity contribution in [1.29, 1.82) is 0 Å². The van der Waals surface area contributed by atoms with Crippen molar-refractivity contribution in [2.75, 3.05) is 20.1 Å². The van der Waals surface area contributed by atoms with Crippen LogP contribution < -0.4 is 5.32 Å². The Morgan fingerprint density at radius 3 is 2.85 bits per heavy atom. The largest absolute Gasteiger partial charge is 0.461 e. The number of hydrogen-bond donors (Lipinski definition) is 1. The van der Waals surface area contributed by atoms with Crippen molar-refractivity contribution in [3.05, 3.63) is 30.2 Å². The number of nitrogens with zero attached hydrogens (tertiary/aromatic N) is 2. The fourth-order valence-electron chi connectivity index (χ4n) is 2.55. The van der Waals surface area contributed by atoms with Crippen LogP contribution in [0.25, 0.3) is 11.5 Å². The molecule has 6 heteroatoms. The summed E-state index contributed by atoms with van der Waals surface area (Å²) in [4.78, 5) is 2.35. The molecule has 0 radical (unpaired) electrons. The monoisotopic (exact) mass is 297 g/mol. The highest BCUT2D eigenvalue weighted by molar-refractivity contribution is 5.85. The molecule has 0 spiro atoms. The molecular weight excluding hydrogens is 278 g/mol. The van der Waals surface area contributed by atoms with E-state index in [0.29, 0.717) is 11.8 Å². The number of hydrogen-bond acceptors (Lipinski definition) is 5. The third-order valence-electron chi connectivity index (χ3n) is 3.67. The van der Waals surface area contributed by atoms with Crippen molar-refractivity contribution >= 4 is 12.4 Å². The van der Waals surface area contributed by atoms with E-state index in [1.807, 2.05) is 18.2 Å². The van der Waals surface area contributed by atoms with Crippen LogP contribution in [0.15, 0.2) is 33.4 Å². The number of nitrogens with one attached hydrogen (secondary N) is 1. The predicted octanol–water partition coefficient (Wildman–Crippen LogP) is 2.54. The van der Waals surface area contributed by atoms with Gasteiger partial charge in [-0.2, -0.15) is 0 Å². The molecule has 0 bridgehead atoms.